The van der Waals surface area contributed by atoms with Gasteiger partial charge >= 0.3 is 0 Å². The van der Waals surface area contributed by atoms with E-state index in [4.69, 9.17) is 9.47 Å². The molecule has 0 spiro atoms. The second-order valence-corrected chi connectivity index (χ2v) is 9.89. The number of aryl methyl sites for hydroxylation is 1. The number of aliphatic hydroxyl groups is 1. The standard InChI is InChI=1S/C27H35F2N3O3/c1-18(2)31(15-22(33)17-34-27(4,5)6)16-23-19(3)30-32(21-13-11-20(28)12-14-21)26(23)35-25-10-8-7-9-24(25)29/h7-14,18,22,33H,15-17H2,1-6H3/t22-/m1/s1. The Morgan fingerprint density at radius 1 is 1.06 bits per heavy atom. The monoisotopic (exact) mass is 487 g/mol. The highest BCUT2D eigenvalue weighted by Gasteiger charge is 2.25. The molecule has 35 heavy (non-hydrogen) atoms. The van der Waals surface area contributed by atoms with E-state index in [1.54, 1.807) is 35.0 Å². The minimum Gasteiger partial charge on any atom is -0.435 e. The van der Waals surface area contributed by atoms with Crippen LogP contribution in [0.2, 0.25) is 0 Å². The molecule has 0 aliphatic rings. The molecular formula is C27H35F2N3O3. The summed E-state index contributed by atoms with van der Waals surface area (Å²) in [6, 6.07) is 12.1. The van der Waals surface area contributed by atoms with E-state index in [0.29, 0.717) is 30.4 Å². The van der Waals surface area contributed by atoms with Crippen molar-refractivity contribution in [2.75, 3.05) is 13.2 Å². The van der Waals surface area contributed by atoms with Gasteiger partial charge in [-0.15, -0.1) is 0 Å². The summed E-state index contributed by atoms with van der Waals surface area (Å²) in [5, 5.41) is 15.3. The molecule has 3 rings (SSSR count). The van der Waals surface area contributed by atoms with E-state index >= 15 is 0 Å². The highest BCUT2D eigenvalue weighted by molar-refractivity contribution is 5.43. The van der Waals surface area contributed by atoms with E-state index in [1.807, 2.05) is 41.5 Å². The summed E-state index contributed by atoms with van der Waals surface area (Å²) in [4.78, 5) is 2.09. The summed E-state index contributed by atoms with van der Waals surface area (Å²) in [6.45, 7) is 12.7. The molecule has 0 aliphatic heterocycles. The number of aliphatic hydroxyl groups excluding tert-OH is 1. The Kier molecular flexibility index (Phi) is 8.64. The number of nitrogens with zero attached hydrogens (tertiary/aromatic N) is 3. The maximum absolute atomic E-state index is 14.5. The van der Waals surface area contributed by atoms with Crippen LogP contribution in [-0.2, 0) is 11.3 Å². The minimum atomic E-state index is -0.694. The maximum Gasteiger partial charge on any atom is 0.227 e. The second-order valence-electron chi connectivity index (χ2n) is 9.89. The van der Waals surface area contributed by atoms with Crippen LogP contribution in [0.15, 0.2) is 48.5 Å². The molecule has 0 radical (unpaired) electrons. The van der Waals surface area contributed by atoms with Crippen molar-refractivity contribution in [1.82, 2.24) is 14.7 Å². The van der Waals surface area contributed by atoms with Crippen molar-refractivity contribution in [1.29, 1.82) is 0 Å². The normalized spacial score (nSPS) is 13.0. The van der Waals surface area contributed by atoms with Gasteiger partial charge in [0.2, 0.25) is 5.88 Å². The van der Waals surface area contributed by atoms with Crippen molar-refractivity contribution < 1.29 is 23.4 Å². The molecule has 0 bridgehead atoms. The Bertz CT molecular complexity index is 1110. The van der Waals surface area contributed by atoms with Gasteiger partial charge in [-0.2, -0.15) is 5.10 Å². The number of benzene rings is 2. The summed E-state index contributed by atoms with van der Waals surface area (Å²) in [7, 11) is 0. The number of hydrogen-bond donors (Lipinski definition) is 1. The van der Waals surface area contributed by atoms with Crippen LogP contribution in [0, 0.1) is 18.6 Å². The molecule has 3 aromatic rings. The predicted octanol–water partition coefficient (Wildman–Crippen LogP) is 5.64. The van der Waals surface area contributed by atoms with Crippen molar-refractivity contribution in [3.8, 4) is 17.3 Å². The van der Waals surface area contributed by atoms with Gasteiger partial charge in [0.25, 0.3) is 0 Å². The Morgan fingerprint density at radius 2 is 1.71 bits per heavy atom. The smallest absolute Gasteiger partial charge is 0.227 e. The molecular weight excluding hydrogens is 452 g/mol. The summed E-state index contributed by atoms with van der Waals surface area (Å²) in [5.74, 6) is -0.470. The third-order valence-corrected chi connectivity index (χ3v) is 5.50. The zero-order chi connectivity index (χ0) is 25.8. The molecule has 0 aliphatic carbocycles. The number of hydrogen-bond acceptors (Lipinski definition) is 5. The highest BCUT2D eigenvalue weighted by Crippen LogP contribution is 2.33. The summed E-state index contributed by atoms with van der Waals surface area (Å²) < 4.78 is 41.4. The van der Waals surface area contributed by atoms with Crippen LogP contribution in [0.5, 0.6) is 11.6 Å². The van der Waals surface area contributed by atoms with E-state index in [0.717, 1.165) is 5.56 Å². The van der Waals surface area contributed by atoms with Gasteiger partial charge in [0, 0.05) is 19.1 Å². The number of ether oxygens (including phenoxy) is 2. The van der Waals surface area contributed by atoms with Crippen LogP contribution in [0.3, 0.4) is 0 Å². The fraction of sp³-hybridized carbons (Fsp3) is 0.444. The summed E-state index contributed by atoms with van der Waals surface area (Å²) >= 11 is 0. The topological polar surface area (TPSA) is 59.8 Å². The lowest BCUT2D eigenvalue weighted by Gasteiger charge is -2.30. The Balaban J connectivity index is 1.96. The van der Waals surface area contributed by atoms with Crippen molar-refractivity contribution in [3.63, 3.8) is 0 Å². The third kappa shape index (κ3) is 7.34. The van der Waals surface area contributed by atoms with Crippen LogP contribution < -0.4 is 4.74 Å². The van der Waals surface area contributed by atoms with Gasteiger partial charge in [-0.05, 0) is 77.9 Å². The molecule has 1 atom stereocenters. The van der Waals surface area contributed by atoms with E-state index in [9.17, 15) is 13.9 Å². The fourth-order valence-electron chi connectivity index (χ4n) is 3.54. The lowest BCUT2D eigenvalue weighted by molar-refractivity contribution is -0.0587. The molecule has 0 saturated carbocycles. The van der Waals surface area contributed by atoms with Crippen LogP contribution in [0.1, 0.15) is 45.9 Å². The SMILES string of the molecule is Cc1nn(-c2ccc(F)cc2)c(Oc2ccccc2F)c1CN(C[C@@H](O)COC(C)(C)C)C(C)C. The van der Waals surface area contributed by atoms with Gasteiger partial charge in [-0.1, -0.05) is 12.1 Å². The number of halogens is 2. The van der Waals surface area contributed by atoms with Gasteiger partial charge in [0.15, 0.2) is 11.6 Å². The lowest BCUT2D eigenvalue weighted by atomic mass is 10.1. The van der Waals surface area contributed by atoms with Crippen LogP contribution in [-0.4, -0.2) is 50.7 Å². The zero-order valence-corrected chi connectivity index (χ0v) is 21.3. The minimum absolute atomic E-state index is 0.0618. The van der Waals surface area contributed by atoms with Crippen molar-refractivity contribution in [3.05, 3.63) is 71.4 Å². The van der Waals surface area contributed by atoms with Gasteiger partial charge in [0.1, 0.15) is 5.82 Å². The van der Waals surface area contributed by atoms with Gasteiger partial charge < -0.3 is 14.6 Å². The number of para-hydroxylation sites is 1. The van der Waals surface area contributed by atoms with Gasteiger partial charge in [0.05, 0.1) is 35.3 Å². The van der Waals surface area contributed by atoms with Crippen molar-refractivity contribution in [2.45, 2.75) is 65.8 Å². The Labute approximate surface area is 206 Å². The van der Waals surface area contributed by atoms with E-state index in [2.05, 4.69) is 10.00 Å². The first-order chi connectivity index (χ1) is 16.4. The first-order valence-corrected chi connectivity index (χ1v) is 11.8. The molecule has 1 aromatic heterocycles. The van der Waals surface area contributed by atoms with Crippen LogP contribution in [0.4, 0.5) is 8.78 Å². The van der Waals surface area contributed by atoms with Crippen molar-refractivity contribution in [2.24, 2.45) is 0 Å². The average Bonchev–Trinajstić information content (AvgIpc) is 3.08. The molecule has 8 heteroatoms. The molecule has 190 valence electrons. The molecule has 0 amide bonds. The predicted molar refractivity (Wildman–Crippen MR) is 132 cm³/mol. The molecule has 1 heterocycles. The first kappa shape index (κ1) is 26.8. The van der Waals surface area contributed by atoms with Crippen molar-refractivity contribution >= 4 is 0 Å². The molecule has 6 nitrogen and oxygen atoms in total. The lowest BCUT2D eigenvalue weighted by Crippen LogP contribution is -2.40. The zero-order valence-electron chi connectivity index (χ0n) is 21.3. The van der Waals surface area contributed by atoms with E-state index in [-0.39, 0.29) is 29.8 Å². The summed E-state index contributed by atoms with van der Waals surface area (Å²) in [6.07, 6.45) is -0.694. The Hall–Kier alpha value is -2.81. The molecule has 2 aromatic carbocycles. The first-order valence-electron chi connectivity index (χ1n) is 11.8. The molecule has 0 unspecified atom stereocenters. The fourth-order valence-corrected chi connectivity index (χ4v) is 3.54. The molecule has 0 fully saturated rings. The maximum atomic E-state index is 14.5. The van der Waals surface area contributed by atoms with Crippen LogP contribution >= 0.6 is 0 Å². The summed E-state index contributed by atoms with van der Waals surface area (Å²) in [5.41, 5.74) is 1.67. The molecule has 0 saturated heterocycles. The quantitative estimate of drug-likeness (QED) is 0.401. The van der Waals surface area contributed by atoms with E-state index in [1.165, 1.54) is 18.2 Å². The average molecular weight is 488 g/mol. The Morgan fingerprint density at radius 3 is 2.31 bits per heavy atom. The molecule has 1 N–H and O–H groups in total. The largest absolute Gasteiger partial charge is 0.435 e. The van der Waals surface area contributed by atoms with Gasteiger partial charge in [-0.25, -0.2) is 13.5 Å². The van der Waals surface area contributed by atoms with Gasteiger partial charge in [-0.3, -0.25) is 4.90 Å². The third-order valence-electron chi connectivity index (χ3n) is 5.50. The number of aromatic nitrogens is 2. The highest BCUT2D eigenvalue weighted by atomic mass is 19.1. The second kappa shape index (κ2) is 11.3. The van der Waals surface area contributed by atoms with Crippen LogP contribution in [0.25, 0.3) is 5.69 Å². The number of rotatable bonds is 10. The van der Waals surface area contributed by atoms with E-state index < -0.39 is 11.9 Å².